The summed E-state index contributed by atoms with van der Waals surface area (Å²) in [5.74, 6) is 0. The fourth-order valence-electron chi connectivity index (χ4n) is 7.43. The van der Waals surface area contributed by atoms with Gasteiger partial charge in [0.2, 0.25) is 0 Å². The molecule has 0 fully saturated rings. The second kappa shape index (κ2) is 11.5. The number of allylic oxidation sites excluding steroid dienone is 1. The van der Waals surface area contributed by atoms with E-state index in [1.807, 2.05) is 0 Å². The van der Waals surface area contributed by atoms with E-state index in [9.17, 15) is 0 Å². The first kappa shape index (κ1) is 33.2. The Hall–Kier alpha value is -1.70. The van der Waals surface area contributed by atoms with Gasteiger partial charge in [0.25, 0.3) is 0 Å². The summed E-state index contributed by atoms with van der Waals surface area (Å²) >= 11 is -4.10. The Kier molecular flexibility index (Phi) is 8.47. The van der Waals surface area contributed by atoms with Crippen LogP contribution in [0.2, 0.25) is 0 Å². The molecule has 0 amide bonds. The van der Waals surface area contributed by atoms with Gasteiger partial charge >= 0.3 is 288 Å². The molecule has 1 unspecified atom stereocenters. The third-order valence-corrected chi connectivity index (χ3v) is 24.3. The molecular weight excluding hydrogens is 683 g/mol. The summed E-state index contributed by atoms with van der Waals surface area (Å²) in [6.45, 7) is 23.3. The fourth-order valence-corrected chi connectivity index (χ4v) is 24.6. The van der Waals surface area contributed by atoms with Crippen molar-refractivity contribution < 1.29 is 17.9 Å². The Labute approximate surface area is 286 Å². The van der Waals surface area contributed by atoms with Crippen molar-refractivity contribution in [2.75, 3.05) is 0 Å². The van der Waals surface area contributed by atoms with Crippen molar-refractivity contribution in [2.45, 2.75) is 90.1 Å². The third-order valence-electron chi connectivity index (χ3n) is 10.1. The molecule has 1 heterocycles. The maximum absolute atomic E-state index is 8.02. The summed E-state index contributed by atoms with van der Waals surface area (Å²) in [6.07, 6.45) is 3.48. The van der Waals surface area contributed by atoms with Crippen molar-refractivity contribution in [3.05, 3.63) is 106 Å². The van der Waals surface area contributed by atoms with Gasteiger partial charge in [-0.3, -0.25) is 0 Å². The predicted octanol–water partition coefficient (Wildman–Crippen LogP) is 9.88. The van der Waals surface area contributed by atoms with Crippen molar-refractivity contribution in [2.24, 2.45) is 5.41 Å². The molecular formula is C41H48Cl2SiZr. The van der Waals surface area contributed by atoms with Gasteiger partial charge in [-0.1, -0.05) is 0 Å². The molecule has 1 aliphatic carbocycles. The Morgan fingerprint density at radius 1 is 0.711 bits per heavy atom. The summed E-state index contributed by atoms with van der Waals surface area (Å²) < 4.78 is 1.35. The van der Waals surface area contributed by atoms with Crippen LogP contribution in [-0.4, -0.2) is 9.52 Å². The summed E-state index contributed by atoms with van der Waals surface area (Å²) in [5.41, 5.74) is 13.7. The van der Waals surface area contributed by atoms with Crippen LogP contribution in [-0.2, 0) is 35.1 Å². The number of fused-ring (bicyclic) bond motifs is 4. The van der Waals surface area contributed by atoms with E-state index < -0.39 is 27.4 Å². The van der Waals surface area contributed by atoms with Crippen molar-refractivity contribution in [3.63, 3.8) is 0 Å². The molecule has 0 radical (unpaired) electrons. The number of hydrogen-bond acceptors (Lipinski definition) is 0. The number of benzene rings is 4. The average molecular weight is 731 g/mol. The van der Waals surface area contributed by atoms with Crippen LogP contribution in [0.3, 0.4) is 0 Å². The Morgan fingerprint density at radius 3 is 1.93 bits per heavy atom. The van der Waals surface area contributed by atoms with Gasteiger partial charge in [-0.2, -0.15) is 0 Å². The average Bonchev–Trinajstić information content (AvgIpc) is 3.55. The van der Waals surface area contributed by atoms with E-state index in [0.29, 0.717) is 0 Å². The van der Waals surface area contributed by atoms with Crippen molar-refractivity contribution >= 4 is 46.3 Å². The van der Waals surface area contributed by atoms with E-state index in [1.54, 1.807) is 0 Å². The zero-order valence-corrected chi connectivity index (χ0v) is 34.1. The first-order chi connectivity index (χ1) is 20.9. The van der Waals surface area contributed by atoms with Gasteiger partial charge in [-0.05, 0) is 0 Å². The second-order valence-electron chi connectivity index (χ2n) is 16.3. The first-order valence-electron chi connectivity index (χ1n) is 16.6. The van der Waals surface area contributed by atoms with Crippen LogP contribution in [0.5, 0.6) is 0 Å². The molecule has 2 aliphatic rings. The molecule has 4 aromatic carbocycles. The van der Waals surface area contributed by atoms with Crippen LogP contribution in [0.25, 0.3) is 28.3 Å². The van der Waals surface area contributed by atoms with Crippen LogP contribution in [0.1, 0.15) is 101 Å². The van der Waals surface area contributed by atoms with Gasteiger partial charge in [0.05, 0.1) is 0 Å². The molecule has 234 valence electrons. The molecule has 1 aliphatic heterocycles. The van der Waals surface area contributed by atoms with Crippen molar-refractivity contribution in [1.29, 1.82) is 0 Å². The Morgan fingerprint density at radius 2 is 1.33 bits per heavy atom. The quantitative estimate of drug-likeness (QED) is 0.162. The van der Waals surface area contributed by atoms with Gasteiger partial charge in [-0.15, -0.1) is 0 Å². The van der Waals surface area contributed by atoms with Gasteiger partial charge in [0.15, 0.2) is 0 Å². The van der Waals surface area contributed by atoms with E-state index in [4.69, 9.17) is 17.0 Å². The molecule has 6 rings (SSSR count). The number of halogens is 2. The standard InChI is InChI=1S/C29H39.C12H9Si.2ClH.Zr/c1-11-19-12-13-20-14-24(29(8,9)10)18-25(20)26(19)21-15-22(27(2,3)4)17-23(16-21)28(5,6)7;1-3-7-11-9(5-1)10-6-2-4-8-12(10)13-11;;;/h12-18H,11H2,1-10H3;1-7H,13H2;2*1H;/q;;;;+2/p-2. The molecule has 0 spiro atoms. The molecule has 0 N–H and O–H groups in total. The van der Waals surface area contributed by atoms with Crippen LogP contribution >= 0.6 is 17.0 Å². The third kappa shape index (κ3) is 5.86. The Bertz CT molecular complexity index is 1810. The SMILES string of the molecule is CCc1ccc2c(c1-c1cc(C(C)(C)C)cc(C(C)(C)C)c1)C=C(C(C)(C)C)[CH]2[Zr]([Cl])([Cl])[c]1cccc2c1[SiH2]c1ccccc1-2. The van der Waals surface area contributed by atoms with Gasteiger partial charge in [-0.25, -0.2) is 0 Å². The zero-order chi connectivity index (χ0) is 32.7. The zero-order valence-electron chi connectivity index (χ0n) is 28.8. The summed E-state index contributed by atoms with van der Waals surface area (Å²) in [5, 5.41) is 3.00. The van der Waals surface area contributed by atoms with Crippen LogP contribution < -0.4 is 13.6 Å². The minimum absolute atomic E-state index is 0.0440. The molecule has 0 saturated carbocycles. The molecule has 0 saturated heterocycles. The number of aryl methyl sites for hydroxylation is 1. The molecule has 45 heavy (non-hydrogen) atoms. The van der Waals surface area contributed by atoms with Crippen LogP contribution in [0.15, 0.2) is 78.4 Å². The minimum atomic E-state index is -4.10. The number of hydrogen-bond donors (Lipinski definition) is 0. The van der Waals surface area contributed by atoms with Crippen LogP contribution in [0, 0.1) is 5.41 Å². The maximum atomic E-state index is 8.02. The van der Waals surface area contributed by atoms with Crippen molar-refractivity contribution in [1.82, 2.24) is 0 Å². The van der Waals surface area contributed by atoms with E-state index in [2.05, 4.69) is 148 Å². The Balaban J connectivity index is 1.60. The summed E-state index contributed by atoms with van der Waals surface area (Å²) in [4.78, 5) is 0. The van der Waals surface area contributed by atoms with Gasteiger partial charge < -0.3 is 0 Å². The molecule has 0 aromatic heterocycles. The summed E-state index contributed by atoms with van der Waals surface area (Å²) in [6, 6.07) is 27.8. The van der Waals surface area contributed by atoms with Gasteiger partial charge in [0, 0.05) is 0 Å². The second-order valence-corrected chi connectivity index (χ2v) is 32.2. The normalized spacial score (nSPS) is 16.9. The van der Waals surface area contributed by atoms with Gasteiger partial charge in [0.1, 0.15) is 0 Å². The summed E-state index contributed by atoms with van der Waals surface area (Å²) in [7, 11) is 15.4. The number of rotatable bonds is 4. The van der Waals surface area contributed by atoms with Crippen LogP contribution in [0.4, 0.5) is 0 Å². The predicted molar refractivity (Wildman–Crippen MR) is 200 cm³/mol. The van der Waals surface area contributed by atoms with E-state index >= 15 is 0 Å². The van der Waals surface area contributed by atoms with E-state index in [1.165, 1.54) is 69.3 Å². The molecule has 4 heteroatoms. The van der Waals surface area contributed by atoms with Crippen molar-refractivity contribution in [3.8, 4) is 22.3 Å². The molecule has 4 aromatic rings. The molecule has 0 bridgehead atoms. The topological polar surface area (TPSA) is 0 Å². The monoisotopic (exact) mass is 728 g/mol. The molecule has 1 atom stereocenters. The fraction of sp³-hybridized carbons (Fsp3) is 0.366. The van der Waals surface area contributed by atoms with E-state index in [-0.39, 0.29) is 19.9 Å². The molecule has 0 nitrogen and oxygen atoms in total. The van der Waals surface area contributed by atoms with E-state index in [0.717, 1.165) is 6.42 Å². The first-order valence-corrected chi connectivity index (χ1v) is 26.9.